The van der Waals surface area contributed by atoms with E-state index in [2.05, 4.69) is 10.5 Å². The van der Waals surface area contributed by atoms with E-state index in [1.807, 2.05) is 0 Å². The predicted molar refractivity (Wildman–Crippen MR) is 63.7 cm³/mol. The number of benzene rings is 1. The molecule has 0 saturated heterocycles. The van der Waals surface area contributed by atoms with Crippen LogP contribution in [0.25, 0.3) is 0 Å². The lowest BCUT2D eigenvalue weighted by Gasteiger charge is -2.00. The average molecular weight is 242 g/mol. The summed E-state index contributed by atoms with van der Waals surface area (Å²) in [4.78, 5) is 9.60. The van der Waals surface area contributed by atoms with Crippen LogP contribution >= 0.6 is 0 Å². The molecule has 0 aliphatic rings. The number of phenols is 2. The third kappa shape index (κ3) is 7.02. The molecule has 0 fully saturated rings. The molecule has 6 nitrogen and oxygen atoms in total. The van der Waals surface area contributed by atoms with Gasteiger partial charge in [-0.1, -0.05) is 6.07 Å². The molecule has 0 bridgehead atoms. The summed E-state index contributed by atoms with van der Waals surface area (Å²) in [7, 11) is 0. The van der Waals surface area contributed by atoms with Crippen LogP contribution in [0.4, 0.5) is 4.79 Å². The van der Waals surface area contributed by atoms with Gasteiger partial charge in [0.1, 0.15) is 0 Å². The predicted octanol–water partition coefficient (Wildman–Crippen LogP) is 0.701. The lowest BCUT2D eigenvalue weighted by molar-refractivity contribution is 0.163. The van der Waals surface area contributed by atoms with Gasteiger partial charge in [0.25, 0.3) is 0 Å². The van der Waals surface area contributed by atoms with Crippen LogP contribution in [0.3, 0.4) is 0 Å². The summed E-state index contributed by atoms with van der Waals surface area (Å²) >= 11 is 0. The summed E-state index contributed by atoms with van der Waals surface area (Å²) in [6, 6.07) is 4.71. The quantitative estimate of drug-likeness (QED) is 0.582. The van der Waals surface area contributed by atoms with E-state index in [1.54, 1.807) is 13.0 Å². The fourth-order valence-electron chi connectivity index (χ4n) is 1.03. The Hall–Kier alpha value is -1.95. The number of carbonyl (C=O) groups is 1. The van der Waals surface area contributed by atoms with Crippen LogP contribution in [-0.4, -0.2) is 29.5 Å². The minimum Gasteiger partial charge on any atom is -0.504 e. The van der Waals surface area contributed by atoms with Gasteiger partial charge in [-0.05, 0) is 37.6 Å². The number of hydrogen-bond donors (Lipinski definition) is 4. The molecule has 1 aromatic carbocycles. The van der Waals surface area contributed by atoms with Crippen molar-refractivity contribution in [3.63, 3.8) is 0 Å². The molecule has 0 aromatic heterocycles. The summed E-state index contributed by atoms with van der Waals surface area (Å²) in [5.74, 6) is -0.179. The Morgan fingerprint density at radius 2 is 2.00 bits per heavy atom. The monoisotopic (exact) mass is 242 g/mol. The van der Waals surface area contributed by atoms with E-state index >= 15 is 0 Å². The van der Waals surface area contributed by atoms with Crippen molar-refractivity contribution in [2.75, 3.05) is 13.2 Å². The molecular formula is C11H18N2O4. The van der Waals surface area contributed by atoms with Crippen molar-refractivity contribution in [3.8, 4) is 11.5 Å². The summed E-state index contributed by atoms with van der Waals surface area (Å²) < 4.78 is 4.18. The molecule has 96 valence electrons. The van der Waals surface area contributed by atoms with Crippen LogP contribution in [0.1, 0.15) is 12.5 Å². The molecule has 0 radical (unpaired) electrons. The molecule has 0 unspecified atom stereocenters. The zero-order chi connectivity index (χ0) is 13.3. The van der Waals surface area contributed by atoms with Crippen molar-refractivity contribution in [1.82, 2.24) is 0 Å². The maximum Gasteiger partial charge on any atom is 0.404 e. The largest absolute Gasteiger partial charge is 0.504 e. The molecule has 1 amide bonds. The normalized spacial score (nSPS) is 9.06. The van der Waals surface area contributed by atoms with Crippen molar-refractivity contribution < 1.29 is 19.7 Å². The van der Waals surface area contributed by atoms with E-state index in [1.165, 1.54) is 12.1 Å². The molecule has 0 aliphatic heterocycles. The van der Waals surface area contributed by atoms with Crippen LogP contribution in [-0.2, 0) is 11.2 Å². The minimum absolute atomic E-state index is 0.0871. The lowest BCUT2D eigenvalue weighted by Crippen LogP contribution is -2.11. The van der Waals surface area contributed by atoms with Crippen LogP contribution in [0.15, 0.2) is 18.2 Å². The first-order chi connectivity index (χ1) is 8.01. The van der Waals surface area contributed by atoms with Crippen LogP contribution < -0.4 is 11.5 Å². The highest BCUT2D eigenvalue weighted by Crippen LogP contribution is 2.24. The fourth-order valence-corrected chi connectivity index (χ4v) is 1.03. The lowest BCUT2D eigenvalue weighted by atomic mass is 10.1. The van der Waals surface area contributed by atoms with E-state index in [4.69, 9.17) is 15.9 Å². The number of nitrogens with two attached hydrogens (primary N) is 2. The second kappa shape index (κ2) is 8.23. The number of rotatable bonds is 3. The summed E-state index contributed by atoms with van der Waals surface area (Å²) in [5, 5.41) is 18.0. The number of aromatic hydroxyl groups is 2. The smallest absolute Gasteiger partial charge is 0.404 e. The maximum atomic E-state index is 9.60. The van der Waals surface area contributed by atoms with Gasteiger partial charge in [-0.25, -0.2) is 4.79 Å². The number of phenolic OH excluding ortho intramolecular Hbond substituents is 2. The Labute approximate surface area is 99.8 Å². The summed E-state index contributed by atoms with van der Waals surface area (Å²) in [5.41, 5.74) is 10.8. The molecule has 6 N–H and O–H groups in total. The summed E-state index contributed by atoms with van der Waals surface area (Å²) in [6.07, 6.45) is 0.00546. The van der Waals surface area contributed by atoms with Crippen LogP contribution in [0.2, 0.25) is 0 Å². The molecule has 17 heavy (non-hydrogen) atoms. The van der Waals surface area contributed by atoms with Crippen molar-refractivity contribution in [2.24, 2.45) is 11.5 Å². The van der Waals surface area contributed by atoms with E-state index in [9.17, 15) is 4.79 Å². The highest BCUT2D eigenvalue weighted by molar-refractivity contribution is 5.64. The third-order valence-electron chi connectivity index (χ3n) is 1.76. The fraction of sp³-hybridized carbons (Fsp3) is 0.364. The molecule has 0 heterocycles. The Morgan fingerprint density at radius 3 is 2.35 bits per heavy atom. The van der Waals surface area contributed by atoms with Crippen molar-refractivity contribution in [3.05, 3.63) is 23.8 Å². The van der Waals surface area contributed by atoms with Gasteiger partial charge >= 0.3 is 6.09 Å². The molecule has 1 aromatic rings. The van der Waals surface area contributed by atoms with Crippen molar-refractivity contribution in [2.45, 2.75) is 13.3 Å². The van der Waals surface area contributed by atoms with Crippen molar-refractivity contribution >= 4 is 6.09 Å². The van der Waals surface area contributed by atoms with Crippen LogP contribution in [0.5, 0.6) is 11.5 Å². The molecule has 0 saturated carbocycles. The second-order valence-electron chi connectivity index (χ2n) is 3.11. The van der Waals surface area contributed by atoms with Gasteiger partial charge in [-0.3, -0.25) is 0 Å². The summed E-state index contributed by atoms with van der Waals surface area (Å²) in [6.45, 7) is 2.60. The third-order valence-corrected chi connectivity index (χ3v) is 1.76. The molecular weight excluding hydrogens is 224 g/mol. The molecule has 0 atom stereocenters. The van der Waals surface area contributed by atoms with Gasteiger partial charge < -0.3 is 26.4 Å². The molecule has 0 aliphatic carbocycles. The highest BCUT2D eigenvalue weighted by Gasteiger charge is 1.98. The number of carbonyl (C=O) groups excluding carboxylic acids is 1. The number of primary amides is 1. The standard InChI is InChI=1S/C8H11NO2.C3H7NO2/c9-4-3-6-1-2-7(10)8(11)5-6;1-2-6-3(4)5/h1-2,5,10-11H,3-4,9H2;2H2,1H3,(H2,4,5). The Balaban J connectivity index is 0.000000366. The molecule has 0 spiro atoms. The van der Waals surface area contributed by atoms with Gasteiger partial charge in [0, 0.05) is 0 Å². The average Bonchev–Trinajstić information content (AvgIpc) is 2.25. The zero-order valence-electron chi connectivity index (χ0n) is 9.72. The first-order valence-electron chi connectivity index (χ1n) is 5.14. The topological polar surface area (TPSA) is 119 Å². The van der Waals surface area contributed by atoms with Gasteiger partial charge in [0.15, 0.2) is 11.5 Å². The number of hydrogen-bond acceptors (Lipinski definition) is 5. The zero-order valence-corrected chi connectivity index (χ0v) is 9.72. The highest BCUT2D eigenvalue weighted by atomic mass is 16.5. The van der Waals surface area contributed by atoms with Gasteiger partial charge in [-0.15, -0.1) is 0 Å². The Morgan fingerprint density at radius 1 is 1.35 bits per heavy atom. The number of amides is 1. The molecule has 1 rings (SSSR count). The van der Waals surface area contributed by atoms with E-state index in [0.29, 0.717) is 19.6 Å². The Kier molecular flexibility index (Phi) is 7.29. The van der Waals surface area contributed by atoms with Gasteiger partial charge in [-0.2, -0.15) is 0 Å². The second-order valence-corrected chi connectivity index (χ2v) is 3.11. The number of ether oxygens (including phenoxy) is 1. The van der Waals surface area contributed by atoms with E-state index in [-0.39, 0.29) is 11.5 Å². The maximum absolute atomic E-state index is 9.60. The van der Waals surface area contributed by atoms with E-state index < -0.39 is 6.09 Å². The van der Waals surface area contributed by atoms with Crippen LogP contribution in [0, 0.1) is 0 Å². The van der Waals surface area contributed by atoms with Gasteiger partial charge in [0.2, 0.25) is 0 Å². The minimum atomic E-state index is -0.711. The Bertz CT molecular complexity index is 355. The van der Waals surface area contributed by atoms with E-state index in [0.717, 1.165) is 5.56 Å². The SMILES string of the molecule is CCOC(N)=O.NCCc1ccc(O)c(O)c1. The molecule has 6 heteroatoms. The first-order valence-corrected chi connectivity index (χ1v) is 5.14. The van der Waals surface area contributed by atoms with Crippen molar-refractivity contribution in [1.29, 1.82) is 0 Å². The van der Waals surface area contributed by atoms with Gasteiger partial charge in [0.05, 0.1) is 6.61 Å². The first kappa shape index (κ1) is 15.0.